The molecule has 0 bridgehead atoms. The molecule has 9 heteroatoms. The third-order valence-electron chi connectivity index (χ3n) is 3.68. The summed E-state index contributed by atoms with van der Waals surface area (Å²) >= 11 is 9.82. The standard InChI is InChI=1S/C18H26N4O3S2/c1-18(2,3)25-17(23)22-10-4-5-14(11-22)24-13-8-6-12(7-9-13)20-16(27)21-15(19)26/h6-9,14H,4-5,10-11H2,1-3H3,(H4,19,20,21,26,27). The van der Waals surface area contributed by atoms with Gasteiger partial charge in [-0.25, -0.2) is 4.79 Å². The molecular formula is C18H26N4O3S2. The van der Waals surface area contributed by atoms with Gasteiger partial charge in [-0.2, -0.15) is 0 Å². The van der Waals surface area contributed by atoms with Gasteiger partial charge in [0.25, 0.3) is 0 Å². The van der Waals surface area contributed by atoms with Crippen LogP contribution in [0.1, 0.15) is 33.6 Å². The highest BCUT2D eigenvalue weighted by molar-refractivity contribution is 7.82. The van der Waals surface area contributed by atoms with Gasteiger partial charge in [0.05, 0.1) is 6.54 Å². The Morgan fingerprint density at radius 3 is 2.52 bits per heavy atom. The SMILES string of the molecule is CC(C)(C)OC(=O)N1CCCC(Oc2ccc(NC(=S)NC(N)=S)cc2)C1. The number of rotatable bonds is 3. The van der Waals surface area contributed by atoms with Crippen molar-refractivity contribution in [1.29, 1.82) is 0 Å². The average Bonchev–Trinajstić information content (AvgIpc) is 2.54. The van der Waals surface area contributed by atoms with E-state index in [2.05, 4.69) is 10.6 Å². The van der Waals surface area contributed by atoms with Crippen molar-refractivity contribution in [2.45, 2.75) is 45.3 Å². The van der Waals surface area contributed by atoms with Crippen LogP contribution < -0.4 is 21.1 Å². The van der Waals surface area contributed by atoms with Crippen LogP contribution in [0.5, 0.6) is 5.75 Å². The van der Waals surface area contributed by atoms with Gasteiger partial charge in [-0.15, -0.1) is 0 Å². The quantitative estimate of drug-likeness (QED) is 0.656. The number of nitrogens with two attached hydrogens (primary N) is 1. The van der Waals surface area contributed by atoms with Crippen LogP contribution >= 0.6 is 24.4 Å². The molecule has 1 saturated heterocycles. The van der Waals surface area contributed by atoms with E-state index in [9.17, 15) is 4.79 Å². The number of amides is 1. The molecule has 0 aromatic heterocycles. The molecule has 7 nitrogen and oxygen atoms in total. The second-order valence-electron chi connectivity index (χ2n) is 7.28. The molecule has 27 heavy (non-hydrogen) atoms. The molecule has 1 aliphatic heterocycles. The van der Waals surface area contributed by atoms with Crippen LogP contribution in [0.15, 0.2) is 24.3 Å². The molecule has 0 radical (unpaired) electrons. The van der Waals surface area contributed by atoms with Crippen LogP contribution in [0.2, 0.25) is 0 Å². The number of hydrogen-bond acceptors (Lipinski definition) is 5. The Morgan fingerprint density at radius 2 is 1.93 bits per heavy atom. The summed E-state index contributed by atoms with van der Waals surface area (Å²) in [4.78, 5) is 13.9. The Kier molecular flexibility index (Phi) is 7.20. The Morgan fingerprint density at radius 1 is 1.26 bits per heavy atom. The Bertz CT molecular complexity index is 689. The summed E-state index contributed by atoms with van der Waals surface area (Å²) < 4.78 is 11.5. The fourth-order valence-electron chi connectivity index (χ4n) is 2.61. The molecule has 2 rings (SSSR count). The van der Waals surface area contributed by atoms with Crippen LogP contribution in [-0.2, 0) is 4.74 Å². The molecule has 1 aromatic carbocycles. The van der Waals surface area contributed by atoms with Crippen molar-refractivity contribution < 1.29 is 14.3 Å². The Hall–Kier alpha value is -2.13. The maximum absolute atomic E-state index is 12.2. The van der Waals surface area contributed by atoms with Crippen molar-refractivity contribution >= 4 is 46.4 Å². The third kappa shape index (κ3) is 7.56. The summed E-state index contributed by atoms with van der Waals surface area (Å²) in [5.74, 6) is 0.727. The van der Waals surface area contributed by atoms with Crippen LogP contribution in [0.4, 0.5) is 10.5 Å². The third-order valence-corrected chi connectivity index (χ3v) is 3.99. The van der Waals surface area contributed by atoms with E-state index < -0.39 is 5.60 Å². The van der Waals surface area contributed by atoms with Crippen molar-refractivity contribution in [2.24, 2.45) is 5.73 Å². The van der Waals surface area contributed by atoms with Crippen molar-refractivity contribution in [3.63, 3.8) is 0 Å². The van der Waals surface area contributed by atoms with Crippen LogP contribution in [0, 0.1) is 0 Å². The van der Waals surface area contributed by atoms with Crippen LogP contribution in [-0.4, -0.2) is 46.0 Å². The maximum Gasteiger partial charge on any atom is 0.410 e. The van der Waals surface area contributed by atoms with E-state index in [0.29, 0.717) is 18.2 Å². The smallest absolute Gasteiger partial charge is 0.410 e. The molecule has 0 spiro atoms. The Balaban J connectivity index is 1.88. The van der Waals surface area contributed by atoms with Crippen molar-refractivity contribution in [2.75, 3.05) is 18.4 Å². The van der Waals surface area contributed by atoms with Gasteiger partial charge in [-0.3, -0.25) is 0 Å². The predicted octanol–water partition coefficient (Wildman–Crippen LogP) is 2.99. The lowest BCUT2D eigenvalue weighted by Gasteiger charge is -2.34. The lowest BCUT2D eigenvalue weighted by Crippen LogP contribution is -2.46. The van der Waals surface area contributed by atoms with Gasteiger partial charge >= 0.3 is 6.09 Å². The number of nitrogens with one attached hydrogen (secondary N) is 2. The molecule has 1 amide bonds. The van der Waals surface area contributed by atoms with E-state index in [-0.39, 0.29) is 17.3 Å². The monoisotopic (exact) mass is 410 g/mol. The number of piperidine rings is 1. The fourth-order valence-corrected chi connectivity index (χ4v) is 3.00. The van der Waals surface area contributed by atoms with E-state index in [1.807, 2.05) is 45.0 Å². The van der Waals surface area contributed by atoms with Gasteiger partial charge < -0.3 is 30.7 Å². The lowest BCUT2D eigenvalue weighted by atomic mass is 10.1. The van der Waals surface area contributed by atoms with Gasteiger partial charge in [-0.05, 0) is 82.3 Å². The van der Waals surface area contributed by atoms with E-state index >= 15 is 0 Å². The summed E-state index contributed by atoms with van der Waals surface area (Å²) in [7, 11) is 0. The maximum atomic E-state index is 12.2. The highest BCUT2D eigenvalue weighted by atomic mass is 32.1. The Labute approximate surface area is 170 Å². The summed E-state index contributed by atoms with van der Waals surface area (Å²) in [6.07, 6.45) is 1.40. The van der Waals surface area contributed by atoms with E-state index in [0.717, 1.165) is 24.3 Å². The van der Waals surface area contributed by atoms with E-state index in [1.165, 1.54) is 0 Å². The van der Waals surface area contributed by atoms with Gasteiger partial charge in [0.15, 0.2) is 10.2 Å². The number of benzene rings is 1. The molecule has 1 aliphatic rings. The summed E-state index contributed by atoms with van der Waals surface area (Å²) in [5.41, 5.74) is 5.66. The summed E-state index contributed by atoms with van der Waals surface area (Å²) in [5, 5.41) is 6.07. The molecule has 148 valence electrons. The van der Waals surface area contributed by atoms with Crippen molar-refractivity contribution in [3.8, 4) is 5.75 Å². The molecule has 1 unspecified atom stereocenters. The van der Waals surface area contributed by atoms with Gasteiger partial charge in [0.2, 0.25) is 0 Å². The van der Waals surface area contributed by atoms with Gasteiger partial charge in [0, 0.05) is 12.2 Å². The second kappa shape index (κ2) is 9.18. The molecule has 1 fully saturated rings. The number of ether oxygens (including phenoxy) is 2. The minimum atomic E-state index is -0.503. The number of likely N-dealkylation sites (tertiary alicyclic amines) is 1. The molecule has 4 N–H and O–H groups in total. The highest BCUT2D eigenvalue weighted by Crippen LogP contribution is 2.22. The number of anilines is 1. The minimum absolute atomic E-state index is 0.0672. The number of hydrogen-bond donors (Lipinski definition) is 3. The molecular weight excluding hydrogens is 384 g/mol. The molecule has 0 saturated carbocycles. The molecule has 0 aliphatic carbocycles. The number of carbonyl (C=O) groups excluding carboxylic acids is 1. The molecule has 1 atom stereocenters. The summed E-state index contributed by atoms with van der Waals surface area (Å²) in [6.45, 7) is 6.78. The topological polar surface area (TPSA) is 88.8 Å². The number of carbonyl (C=O) groups is 1. The zero-order valence-corrected chi connectivity index (χ0v) is 17.4. The van der Waals surface area contributed by atoms with Crippen LogP contribution in [0.25, 0.3) is 0 Å². The average molecular weight is 411 g/mol. The number of thiocarbonyl (C=S) groups is 2. The van der Waals surface area contributed by atoms with Crippen molar-refractivity contribution in [3.05, 3.63) is 24.3 Å². The first kappa shape index (κ1) is 21.2. The van der Waals surface area contributed by atoms with E-state index in [1.54, 1.807) is 4.90 Å². The first-order valence-electron chi connectivity index (χ1n) is 8.74. The minimum Gasteiger partial charge on any atom is -0.489 e. The predicted molar refractivity (Wildman–Crippen MR) is 114 cm³/mol. The first-order valence-corrected chi connectivity index (χ1v) is 9.56. The van der Waals surface area contributed by atoms with Crippen LogP contribution in [0.3, 0.4) is 0 Å². The normalized spacial score (nSPS) is 17.0. The lowest BCUT2D eigenvalue weighted by molar-refractivity contribution is 0.00776. The van der Waals surface area contributed by atoms with E-state index in [4.69, 9.17) is 39.6 Å². The van der Waals surface area contributed by atoms with Gasteiger partial charge in [0.1, 0.15) is 17.5 Å². The number of nitrogens with zero attached hydrogens (tertiary/aromatic N) is 1. The zero-order valence-electron chi connectivity index (χ0n) is 15.8. The summed E-state index contributed by atoms with van der Waals surface area (Å²) in [6, 6.07) is 7.38. The fraction of sp³-hybridized carbons (Fsp3) is 0.500. The highest BCUT2D eigenvalue weighted by Gasteiger charge is 2.28. The molecule has 1 aromatic rings. The van der Waals surface area contributed by atoms with Gasteiger partial charge in [-0.1, -0.05) is 0 Å². The van der Waals surface area contributed by atoms with Crippen molar-refractivity contribution in [1.82, 2.24) is 10.2 Å². The second-order valence-corrected chi connectivity index (χ2v) is 8.12. The molecule has 1 heterocycles. The first-order chi connectivity index (χ1) is 12.6. The largest absolute Gasteiger partial charge is 0.489 e. The zero-order chi connectivity index (χ0) is 20.0.